The molecule has 6 heteroatoms. The molecule has 5 nitrogen and oxygen atoms in total. The normalized spacial score (nSPS) is 14.5. The molecule has 1 aliphatic rings. The van der Waals surface area contributed by atoms with E-state index in [2.05, 4.69) is 15.9 Å². The van der Waals surface area contributed by atoms with Gasteiger partial charge in [0, 0.05) is 18.7 Å². The zero-order valence-corrected chi connectivity index (χ0v) is 12.5. The Kier molecular flexibility index (Phi) is 4.03. The van der Waals surface area contributed by atoms with Gasteiger partial charge in [0.15, 0.2) is 6.29 Å². The minimum atomic E-state index is -0.564. The topological polar surface area (TPSA) is 55.8 Å². The lowest BCUT2D eigenvalue weighted by Gasteiger charge is -2.23. The summed E-state index contributed by atoms with van der Waals surface area (Å²) in [5.41, 5.74) is 1.91. The van der Waals surface area contributed by atoms with Gasteiger partial charge < -0.3 is 9.47 Å². The Balaban J connectivity index is 2.44. The van der Waals surface area contributed by atoms with E-state index in [-0.39, 0.29) is 6.54 Å². The van der Waals surface area contributed by atoms with E-state index in [0.717, 1.165) is 10.0 Å². The summed E-state index contributed by atoms with van der Waals surface area (Å²) in [5, 5.41) is 0. The first-order valence-electron chi connectivity index (χ1n) is 5.71. The minimum absolute atomic E-state index is 0.188. The van der Waals surface area contributed by atoms with Gasteiger partial charge in [-0.1, -0.05) is 15.9 Å². The van der Waals surface area contributed by atoms with Crippen molar-refractivity contribution in [2.75, 3.05) is 25.7 Å². The van der Waals surface area contributed by atoms with Crippen LogP contribution in [0, 0.1) is 6.92 Å². The highest BCUT2D eigenvalue weighted by Crippen LogP contribution is 2.35. The van der Waals surface area contributed by atoms with Crippen LogP contribution in [0.15, 0.2) is 16.6 Å². The second kappa shape index (κ2) is 5.40. The maximum Gasteiger partial charge on any atom is 0.299 e. The number of benzene rings is 1. The molecule has 0 bridgehead atoms. The van der Waals surface area contributed by atoms with E-state index in [1.807, 2.05) is 13.0 Å². The number of aryl methyl sites for hydroxylation is 1. The predicted octanol–water partition coefficient (Wildman–Crippen LogP) is 1.91. The first-order valence-corrected chi connectivity index (χ1v) is 6.50. The molecular formula is C13H14BrNO4. The van der Waals surface area contributed by atoms with Crippen molar-refractivity contribution >= 4 is 33.3 Å². The smallest absolute Gasteiger partial charge is 0.299 e. The molecule has 102 valence electrons. The molecule has 0 fully saturated rings. The van der Waals surface area contributed by atoms with E-state index >= 15 is 0 Å². The number of hydrogen-bond acceptors (Lipinski definition) is 4. The lowest BCUT2D eigenvalue weighted by molar-refractivity contribution is -0.119. The molecule has 0 saturated carbocycles. The van der Waals surface area contributed by atoms with Gasteiger partial charge in [0.25, 0.3) is 11.7 Å². The Bertz CT molecular complexity index is 540. The van der Waals surface area contributed by atoms with E-state index in [4.69, 9.17) is 9.47 Å². The number of Topliss-reactive ketones (excluding diaryl/α,β-unsaturated/α-hetero) is 1. The third kappa shape index (κ3) is 2.43. The van der Waals surface area contributed by atoms with Gasteiger partial charge in [-0.15, -0.1) is 0 Å². The number of carbonyl (C=O) groups excluding carboxylic acids is 2. The fourth-order valence-corrected chi connectivity index (χ4v) is 2.75. The predicted molar refractivity (Wildman–Crippen MR) is 73.4 cm³/mol. The van der Waals surface area contributed by atoms with Crippen molar-refractivity contribution in [3.8, 4) is 0 Å². The number of anilines is 1. The molecule has 1 aromatic carbocycles. The second-order valence-electron chi connectivity index (χ2n) is 4.26. The van der Waals surface area contributed by atoms with Crippen LogP contribution in [0.2, 0.25) is 0 Å². The number of methoxy groups -OCH3 is 2. The Labute approximate surface area is 119 Å². The van der Waals surface area contributed by atoms with Gasteiger partial charge >= 0.3 is 0 Å². The standard InChI is InChI=1S/C13H14BrNO4/c1-7-4-8(14)5-9-11(7)15(13(17)12(9)16)6-10(18-2)19-3/h4-5,10H,6H2,1-3H3. The largest absolute Gasteiger partial charge is 0.354 e. The van der Waals surface area contributed by atoms with E-state index in [9.17, 15) is 9.59 Å². The highest BCUT2D eigenvalue weighted by Gasteiger charge is 2.38. The van der Waals surface area contributed by atoms with Crippen molar-refractivity contribution in [1.82, 2.24) is 0 Å². The van der Waals surface area contributed by atoms with E-state index < -0.39 is 18.0 Å². The lowest BCUT2D eigenvalue weighted by atomic mass is 10.1. The molecule has 0 aliphatic carbocycles. The summed E-state index contributed by atoms with van der Waals surface area (Å²) < 4.78 is 11.0. The quantitative estimate of drug-likeness (QED) is 0.626. The molecule has 0 aromatic heterocycles. The van der Waals surface area contributed by atoms with Crippen molar-refractivity contribution in [2.45, 2.75) is 13.2 Å². The molecule has 1 amide bonds. The fourth-order valence-electron chi connectivity index (χ4n) is 2.17. The lowest BCUT2D eigenvalue weighted by Crippen LogP contribution is -2.38. The van der Waals surface area contributed by atoms with Crippen LogP contribution < -0.4 is 4.90 Å². The monoisotopic (exact) mass is 327 g/mol. The van der Waals surface area contributed by atoms with Crippen LogP contribution in [-0.2, 0) is 14.3 Å². The first-order chi connectivity index (χ1) is 8.99. The van der Waals surface area contributed by atoms with Crippen LogP contribution in [0.4, 0.5) is 5.69 Å². The maximum atomic E-state index is 12.0. The second-order valence-corrected chi connectivity index (χ2v) is 5.18. The van der Waals surface area contributed by atoms with Crippen LogP contribution >= 0.6 is 15.9 Å². The molecule has 0 radical (unpaired) electrons. The molecule has 0 atom stereocenters. The highest BCUT2D eigenvalue weighted by molar-refractivity contribution is 9.10. The van der Waals surface area contributed by atoms with Crippen molar-refractivity contribution in [3.05, 3.63) is 27.7 Å². The van der Waals surface area contributed by atoms with Crippen LogP contribution in [0.5, 0.6) is 0 Å². The number of ether oxygens (including phenoxy) is 2. The number of nitrogens with zero attached hydrogens (tertiary/aromatic N) is 1. The van der Waals surface area contributed by atoms with E-state index in [1.54, 1.807) is 6.07 Å². The van der Waals surface area contributed by atoms with Crippen LogP contribution in [0.3, 0.4) is 0 Å². The molecule has 1 aliphatic heterocycles. The molecule has 0 saturated heterocycles. The Hall–Kier alpha value is -1.24. The fraction of sp³-hybridized carbons (Fsp3) is 0.385. The van der Waals surface area contributed by atoms with Crippen molar-refractivity contribution < 1.29 is 19.1 Å². The zero-order valence-electron chi connectivity index (χ0n) is 10.9. The Morgan fingerprint density at radius 1 is 1.26 bits per heavy atom. The summed E-state index contributed by atoms with van der Waals surface area (Å²) in [6, 6.07) is 3.53. The van der Waals surface area contributed by atoms with Gasteiger partial charge in [0.2, 0.25) is 0 Å². The van der Waals surface area contributed by atoms with Gasteiger partial charge in [0.05, 0.1) is 17.8 Å². The molecule has 0 unspecified atom stereocenters. The van der Waals surface area contributed by atoms with Crippen LogP contribution in [-0.4, -0.2) is 38.7 Å². The van der Waals surface area contributed by atoms with Gasteiger partial charge in [0.1, 0.15) is 0 Å². The number of rotatable bonds is 4. The SMILES string of the molecule is COC(CN1C(=O)C(=O)c2cc(Br)cc(C)c21)OC. The summed E-state index contributed by atoms with van der Waals surface area (Å²) in [6.07, 6.45) is -0.564. The Morgan fingerprint density at radius 3 is 2.47 bits per heavy atom. The van der Waals surface area contributed by atoms with E-state index in [0.29, 0.717) is 11.3 Å². The maximum absolute atomic E-state index is 12.0. The number of fused-ring (bicyclic) bond motifs is 1. The molecule has 1 aromatic rings. The first kappa shape index (κ1) is 14.2. The third-order valence-electron chi connectivity index (χ3n) is 3.08. The molecule has 2 rings (SSSR count). The molecule has 0 N–H and O–H groups in total. The van der Waals surface area contributed by atoms with Gasteiger partial charge in [-0.25, -0.2) is 0 Å². The van der Waals surface area contributed by atoms with Crippen LogP contribution in [0.1, 0.15) is 15.9 Å². The highest BCUT2D eigenvalue weighted by atomic mass is 79.9. The average molecular weight is 328 g/mol. The summed E-state index contributed by atoms with van der Waals surface area (Å²) in [6.45, 7) is 2.05. The summed E-state index contributed by atoms with van der Waals surface area (Å²) in [4.78, 5) is 25.4. The third-order valence-corrected chi connectivity index (χ3v) is 3.53. The number of halogens is 1. The summed E-state index contributed by atoms with van der Waals surface area (Å²) in [5.74, 6) is -1.04. The van der Waals surface area contributed by atoms with Crippen molar-refractivity contribution in [3.63, 3.8) is 0 Å². The average Bonchev–Trinajstić information content (AvgIpc) is 2.61. The summed E-state index contributed by atoms with van der Waals surface area (Å²) >= 11 is 3.33. The number of ketones is 1. The number of amides is 1. The minimum Gasteiger partial charge on any atom is -0.354 e. The van der Waals surface area contributed by atoms with Gasteiger partial charge in [-0.05, 0) is 24.6 Å². The molecule has 1 heterocycles. The molecule has 0 spiro atoms. The van der Waals surface area contributed by atoms with E-state index in [1.165, 1.54) is 19.1 Å². The van der Waals surface area contributed by atoms with Crippen molar-refractivity contribution in [1.29, 1.82) is 0 Å². The molecule has 19 heavy (non-hydrogen) atoms. The molecular weight excluding hydrogens is 314 g/mol. The van der Waals surface area contributed by atoms with Gasteiger partial charge in [-0.3, -0.25) is 14.5 Å². The van der Waals surface area contributed by atoms with Crippen molar-refractivity contribution in [2.24, 2.45) is 0 Å². The zero-order chi connectivity index (χ0) is 14.2. The number of hydrogen-bond donors (Lipinski definition) is 0. The van der Waals surface area contributed by atoms with Gasteiger partial charge in [-0.2, -0.15) is 0 Å². The number of carbonyl (C=O) groups is 2. The summed E-state index contributed by atoms with van der Waals surface area (Å²) in [7, 11) is 2.98. The Morgan fingerprint density at radius 2 is 1.89 bits per heavy atom. The van der Waals surface area contributed by atoms with Crippen LogP contribution in [0.25, 0.3) is 0 Å².